The lowest BCUT2D eigenvalue weighted by molar-refractivity contribution is 0.102. The molecule has 4 aromatic rings. The van der Waals surface area contributed by atoms with Crippen molar-refractivity contribution in [3.8, 4) is 17.3 Å². The highest BCUT2D eigenvalue weighted by Crippen LogP contribution is 2.30. The number of nitrogens with zero attached hydrogens (tertiary/aromatic N) is 3. The molecule has 0 saturated carbocycles. The van der Waals surface area contributed by atoms with Gasteiger partial charge in [0.1, 0.15) is 0 Å². The van der Waals surface area contributed by atoms with E-state index in [1.54, 1.807) is 48.7 Å². The van der Waals surface area contributed by atoms with Crippen LogP contribution < -0.4 is 0 Å². The van der Waals surface area contributed by atoms with E-state index >= 15 is 0 Å². The molecule has 0 aliphatic carbocycles. The average Bonchev–Trinajstić information content (AvgIpc) is 3.38. The van der Waals surface area contributed by atoms with Gasteiger partial charge in [-0.25, -0.2) is 0 Å². The Bertz CT molecular complexity index is 1160. The van der Waals surface area contributed by atoms with Gasteiger partial charge in [-0.2, -0.15) is 0 Å². The van der Waals surface area contributed by atoms with Crippen LogP contribution in [0.5, 0.6) is 0 Å². The first-order chi connectivity index (χ1) is 14.0. The van der Waals surface area contributed by atoms with E-state index in [4.69, 9.17) is 39.2 Å². The van der Waals surface area contributed by atoms with Crippen LogP contribution in [0.3, 0.4) is 0 Å². The summed E-state index contributed by atoms with van der Waals surface area (Å²) in [5, 5.41) is 10.4. The Hall–Kier alpha value is -2.25. The Morgan fingerprint density at radius 3 is 2.48 bits per heavy atom. The van der Waals surface area contributed by atoms with Gasteiger partial charge in [0.2, 0.25) is 5.82 Å². The highest BCUT2D eigenvalue weighted by molar-refractivity contribution is 7.99. The van der Waals surface area contributed by atoms with Gasteiger partial charge >= 0.3 is 0 Å². The summed E-state index contributed by atoms with van der Waals surface area (Å²) in [5.74, 6) is 1.15. The molecule has 5 nitrogen and oxygen atoms in total. The number of carbonyl (C=O) groups excluding carboxylic acids is 1. The van der Waals surface area contributed by atoms with E-state index < -0.39 is 0 Å². The molecular weight excluding hydrogens is 453 g/mol. The van der Waals surface area contributed by atoms with Crippen molar-refractivity contribution >= 4 is 52.3 Å². The third-order valence-corrected chi connectivity index (χ3v) is 5.95. The largest absolute Gasteiger partial charge is 0.461 e. The lowest BCUT2D eigenvalue weighted by Gasteiger charge is -2.09. The minimum Gasteiger partial charge on any atom is -0.461 e. The van der Waals surface area contributed by atoms with E-state index in [-0.39, 0.29) is 11.5 Å². The number of rotatable bonds is 6. The van der Waals surface area contributed by atoms with E-state index in [2.05, 4.69) is 10.2 Å². The monoisotopic (exact) mass is 463 g/mol. The van der Waals surface area contributed by atoms with Gasteiger partial charge in [-0.1, -0.05) is 46.6 Å². The van der Waals surface area contributed by atoms with Gasteiger partial charge in [0.05, 0.1) is 22.1 Å². The van der Waals surface area contributed by atoms with E-state index in [1.807, 2.05) is 16.7 Å². The fourth-order valence-corrected chi connectivity index (χ4v) is 3.91. The predicted molar refractivity (Wildman–Crippen MR) is 116 cm³/mol. The second-order valence-corrected chi connectivity index (χ2v) is 8.13. The summed E-state index contributed by atoms with van der Waals surface area (Å²) >= 11 is 19.2. The number of halogens is 3. The van der Waals surface area contributed by atoms with Crippen LogP contribution >= 0.6 is 46.6 Å². The van der Waals surface area contributed by atoms with Crippen LogP contribution in [-0.2, 0) is 0 Å². The molecule has 2 aromatic heterocycles. The summed E-state index contributed by atoms with van der Waals surface area (Å²) in [5.41, 5.74) is 1.28. The van der Waals surface area contributed by atoms with Crippen molar-refractivity contribution in [3.05, 3.63) is 81.5 Å². The molecule has 9 heteroatoms. The molecule has 0 saturated heterocycles. The normalized spacial score (nSPS) is 11.0. The second-order valence-electron chi connectivity index (χ2n) is 5.94. The van der Waals surface area contributed by atoms with E-state index in [0.29, 0.717) is 37.4 Å². The maximum absolute atomic E-state index is 12.6. The van der Waals surface area contributed by atoms with Gasteiger partial charge in [0, 0.05) is 16.3 Å². The molecule has 29 heavy (non-hydrogen) atoms. The van der Waals surface area contributed by atoms with Gasteiger partial charge in [-0.3, -0.25) is 9.36 Å². The summed E-state index contributed by atoms with van der Waals surface area (Å²) in [6.07, 6.45) is 1.57. The summed E-state index contributed by atoms with van der Waals surface area (Å²) in [6.45, 7) is 0. The number of Topliss-reactive ketones (excluding diaryl/α,β-unsaturated/α-hetero) is 1. The predicted octanol–water partition coefficient (Wildman–Crippen LogP) is 6.46. The summed E-state index contributed by atoms with van der Waals surface area (Å²) in [6, 6.07) is 15.6. The second kappa shape index (κ2) is 8.63. The smallest absolute Gasteiger partial charge is 0.205 e. The van der Waals surface area contributed by atoms with Crippen molar-refractivity contribution in [1.82, 2.24) is 14.8 Å². The molecular formula is C20H12Cl3N3O2S. The topological polar surface area (TPSA) is 60.9 Å². The highest BCUT2D eigenvalue weighted by atomic mass is 35.5. The number of furan rings is 1. The van der Waals surface area contributed by atoms with Crippen molar-refractivity contribution in [1.29, 1.82) is 0 Å². The fourth-order valence-electron chi connectivity index (χ4n) is 2.63. The lowest BCUT2D eigenvalue weighted by Crippen LogP contribution is -2.05. The lowest BCUT2D eigenvalue weighted by atomic mass is 10.1. The molecule has 2 aromatic carbocycles. The molecule has 146 valence electrons. The standard InChI is InChI=1S/C20H12Cl3N3O2S/c21-13-4-6-14(7-5-13)26-19(18-2-1-9-28-18)24-25-20(26)29-11-17(27)12-3-8-15(22)16(23)10-12/h1-10H,11H2. The summed E-state index contributed by atoms with van der Waals surface area (Å²) < 4.78 is 7.31. The first kappa shape index (κ1) is 20.0. The Morgan fingerprint density at radius 2 is 1.79 bits per heavy atom. The van der Waals surface area contributed by atoms with Crippen LogP contribution in [0.2, 0.25) is 15.1 Å². The zero-order valence-corrected chi connectivity index (χ0v) is 17.8. The highest BCUT2D eigenvalue weighted by Gasteiger charge is 2.19. The minimum atomic E-state index is -0.0984. The van der Waals surface area contributed by atoms with Gasteiger partial charge in [0.15, 0.2) is 16.7 Å². The van der Waals surface area contributed by atoms with Gasteiger partial charge < -0.3 is 4.42 Å². The summed E-state index contributed by atoms with van der Waals surface area (Å²) in [7, 11) is 0. The van der Waals surface area contributed by atoms with E-state index in [9.17, 15) is 4.79 Å². The molecule has 0 N–H and O–H groups in total. The maximum Gasteiger partial charge on any atom is 0.205 e. The average molecular weight is 465 g/mol. The minimum absolute atomic E-state index is 0.0984. The zero-order chi connectivity index (χ0) is 20.4. The molecule has 0 fully saturated rings. The molecule has 2 heterocycles. The molecule has 0 unspecified atom stereocenters. The van der Waals surface area contributed by atoms with Crippen molar-refractivity contribution in [2.75, 3.05) is 5.75 Å². The molecule has 0 bridgehead atoms. The first-order valence-corrected chi connectivity index (χ1v) is 10.5. The number of aromatic nitrogens is 3. The number of carbonyl (C=O) groups is 1. The van der Waals surface area contributed by atoms with Crippen molar-refractivity contribution in [2.24, 2.45) is 0 Å². The zero-order valence-electron chi connectivity index (χ0n) is 14.7. The number of hydrogen-bond acceptors (Lipinski definition) is 5. The SMILES string of the molecule is O=C(CSc1nnc(-c2ccco2)n1-c1ccc(Cl)cc1)c1ccc(Cl)c(Cl)c1. The quantitative estimate of drug-likeness (QED) is 0.242. The van der Waals surface area contributed by atoms with Crippen LogP contribution in [-0.4, -0.2) is 26.3 Å². The van der Waals surface area contributed by atoms with Gasteiger partial charge in [0.25, 0.3) is 0 Å². The molecule has 0 spiro atoms. The van der Waals surface area contributed by atoms with Crippen molar-refractivity contribution in [2.45, 2.75) is 5.16 Å². The third-order valence-electron chi connectivity index (χ3n) is 4.03. The first-order valence-electron chi connectivity index (χ1n) is 8.39. The Balaban J connectivity index is 1.64. The molecule has 0 radical (unpaired) electrons. The van der Waals surface area contributed by atoms with Crippen LogP contribution in [0, 0.1) is 0 Å². The maximum atomic E-state index is 12.6. The third kappa shape index (κ3) is 4.36. The summed E-state index contributed by atoms with van der Waals surface area (Å²) in [4.78, 5) is 12.6. The van der Waals surface area contributed by atoms with Gasteiger partial charge in [-0.05, 0) is 54.6 Å². The Morgan fingerprint density at radius 1 is 1.00 bits per heavy atom. The van der Waals surface area contributed by atoms with Crippen molar-refractivity contribution in [3.63, 3.8) is 0 Å². The van der Waals surface area contributed by atoms with Crippen LogP contribution in [0.15, 0.2) is 70.4 Å². The Kier molecular flexibility index (Phi) is 5.96. The van der Waals surface area contributed by atoms with Crippen LogP contribution in [0.4, 0.5) is 0 Å². The van der Waals surface area contributed by atoms with Crippen LogP contribution in [0.25, 0.3) is 17.3 Å². The van der Waals surface area contributed by atoms with Gasteiger partial charge in [-0.15, -0.1) is 10.2 Å². The molecule has 0 atom stereocenters. The number of hydrogen-bond donors (Lipinski definition) is 0. The van der Waals surface area contributed by atoms with Crippen molar-refractivity contribution < 1.29 is 9.21 Å². The molecule has 0 aliphatic heterocycles. The van der Waals surface area contributed by atoms with Crippen LogP contribution in [0.1, 0.15) is 10.4 Å². The fraction of sp³-hybridized carbons (Fsp3) is 0.0500. The Labute approximate surface area is 185 Å². The van der Waals surface area contributed by atoms with E-state index in [0.717, 1.165) is 5.69 Å². The van der Waals surface area contributed by atoms with E-state index in [1.165, 1.54) is 11.8 Å². The molecule has 0 aliphatic rings. The molecule has 0 amide bonds. The molecule has 4 rings (SSSR count). The number of ketones is 1. The number of benzene rings is 2. The number of thioether (sulfide) groups is 1.